The molecule has 3 unspecified atom stereocenters. The van der Waals surface area contributed by atoms with E-state index in [0.29, 0.717) is 12.5 Å². The van der Waals surface area contributed by atoms with Gasteiger partial charge in [0.1, 0.15) is 12.0 Å². The monoisotopic (exact) mass is 538 g/mol. The molecular formula is C30H39BrN2O2. The Morgan fingerprint density at radius 2 is 1.89 bits per heavy atom. The number of aliphatic hydroxyl groups is 1. The first kappa shape index (κ1) is 26.1. The predicted octanol–water partition coefficient (Wildman–Crippen LogP) is 7.62. The zero-order chi connectivity index (χ0) is 25.0. The predicted molar refractivity (Wildman–Crippen MR) is 148 cm³/mol. The van der Waals surface area contributed by atoms with Crippen molar-refractivity contribution in [2.75, 3.05) is 19.7 Å². The van der Waals surface area contributed by atoms with E-state index in [4.69, 9.17) is 9.73 Å². The van der Waals surface area contributed by atoms with E-state index >= 15 is 0 Å². The van der Waals surface area contributed by atoms with Crippen LogP contribution in [0.15, 0.2) is 64.1 Å². The third kappa shape index (κ3) is 5.90. The van der Waals surface area contributed by atoms with Gasteiger partial charge in [-0.3, -0.25) is 9.89 Å². The van der Waals surface area contributed by atoms with Gasteiger partial charge in [0, 0.05) is 28.7 Å². The lowest BCUT2D eigenvalue weighted by Crippen LogP contribution is -2.46. The van der Waals surface area contributed by atoms with E-state index in [1.807, 2.05) is 31.2 Å². The third-order valence-corrected chi connectivity index (χ3v) is 8.27. The maximum absolute atomic E-state index is 11.2. The molecule has 3 atom stereocenters. The molecule has 1 saturated heterocycles. The van der Waals surface area contributed by atoms with Crippen LogP contribution in [0.1, 0.15) is 63.8 Å². The first-order valence-electron chi connectivity index (χ1n) is 13.0. The topological polar surface area (TPSA) is 45.1 Å². The Kier molecular flexibility index (Phi) is 8.51. The molecule has 188 valence electrons. The minimum Gasteiger partial charge on any atom is -0.494 e. The zero-order valence-electron chi connectivity index (χ0n) is 21.5. The Balaban J connectivity index is 1.59. The molecule has 0 aromatic heterocycles. The third-order valence-electron chi connectivity index (χ3n) is 7.78. The maximum Gasteiger partial charge on any atom is 0.133 e. The Morgan fingerprint density at radius 1 is 1.20 bits per heavy atom. The van der Waals surface area contributed by atoms with Crippen molar-refractivity contribution in [2.45, 2.75) is 59.6 Å². The van der Waals surface area contributed by atoms with Crippen molar-refractivity contribution >= 4 is 27.3 Å². The van der Waals surface area contributed by atoms with E-state index in [1.54, 1.807) is 0 Å². The fourth-order valence-corrected chi connectivity index (χ4v) is 5.92. The molecular weight excluding hydrogens is 500 g/mol. The molecule has 0 amide bonds. The van der Waals surface area contributed by atoms with Crippen LogP contribution in [0.25, 0.3) is 0 Å². The molecule has 1 N–H and O–H groups in total. The number of piperidine rings is 1. The van der Waals surface area contributed by atoms with Crippen LogP contribution in [-0.2, 0) is 0 Å². The van der Waals surface area contributed by atoms with Gasteiger partial charge < -0.3 is 9.84 Å². The van der Waals surface area contributed by atoms with Gasteiger partial charge >= 0.3 is 0 Å². The molecule has 4 rings (SSSR count). The number of ether oxygens (including phenoxy) is 1. The highest BCUT2D eigenvalue weighted by Crippen LogP contribution is 2.57. The number of aryl methyl sites for hydroxylation is 1. The van der Waals surface area contributed by atoms with E-state index in [9.17, 15) is 5.11 Å². The van der Waals surface area contributed by atoms with Crippen LogP contribution in [0.4, 0.5) is 5.69 Å². The van der Waals surface area contributed by atoms with Crippen LogP contribution in [-0.4, -0.2) is 35.4 Å². The lowest BCUT2D eigenvalue weighted by atomic mass is 9.69. The fourth-order valence-electron chi connectivity index (χ4n) is 5.57. The highest BCUT2D eigenvalue weighted by molar-refractivity contribution is 9.10. The molecule has 0 radical (unpaired) electrons. The Hall–Kier alpha value is -1.95. The van der Waals surface area contributed by atoms with Crippen LogP contribution >= 0.6 is 15.9 Å². The van der Waals surface area contributed by atoms with Crippen LogP contribution in [0.2, 0.25) is 0 Å². The van der Waals surface area contributed by atoms with Gasteiger partial charge in [-0.25, -0.2) is 0 Å². The zero-order valence-corrected chi connectivity index (χ0v) is 23.1. The smallest absolute Gasteiger partial charge is 0.133 e. The summed E-state index contributed by atoms with van der Waals surface area (Å²) >= 11 is 3.63. The summed E-state index contributed by atoms with van der Waals surface area (Å²) in [6.07, 6.45) is 8.21. The van der Waals surface area contributed by atoms with E-state index < -0.39 is 6.23 Å². The van der Waals surface area contributed by atoms with Crippen molar-refractivity contribution in [2.24, 2.45) is 22.2 Å². The van der Waals surface area contributed by atoms with Crippen LogP contribution in [0, 0.1) is 24.2 Å². The van der Waals surface area contributed by atoms with Gasteiger partial charge in [-0.1, -0.05) is 54.1 Å². The second-order valence-corrected chi connectivity index (χ2v) is 11.0. The number of aliphatic hydroxyl groups excluding tert-OH is 1. The van der Waals surface area contributed by atoms with Crippen molar-refractivity contribution in [3.63, 3.8) is 0 Å². The number of allylic oxidation sites excluding steroid dienone is 2. The first-order valence-corrected chi connectivity index (χ1v) is 13.8. The molecule has 0 bridgehead atoms. The lowest BCUT2D eigenvalue weighted by Gasteiger charge is -2.44. The number of hydrogen-bond acceptors (Lipinski definition) is 4. The molecule has 1 saturated carbocycles. The largest absolute Gasteiger partial charge is 0.494 e. The van der Waals surface area contributed by atoms with Gasteiger partial charge in [0.2, 0.25) is 0 Å². The van der Waals surface area contributed by atoms with Crippen molar-refractivity contribution in [1.29, 1.82) is 0 Å². The average molecular weight is 540 g/mol. The molecule has 2 aromatic rings. The van der Waals surface area contributed by atoms with Crippen molar-refractivity contribution in [3.05, 3.63) is 70.2 Å². The molecule has 2 fully saturated rings. The van der Waals surface area contributed by atoms with Gasteiger partial charge in [-0.15, -0.1) is 0 Å². The molecule has 1 heterocycles. The summed E-state index contributed by atoms with van der Waals surface area (Å²) < 4.78 is 6.62. The molecule has 5 heteroatoms. The summed E-state index contributed by atoms with van der Waals surface area (Å²) in [7, 11) is 0. The summed E-state index contributed by atoms with van der Waals surface area (Å²) in [5.41, 5.74) is 4.42. The number of rotatable bonds is 9. The maximum atomic E-state index is 11.2. The van der Waals surface area contributed by atoms with Gasteiger partial charge in [-0.2, -0.15) is 0 Å². The average Bonchev–Trinajstić information content (AvgIpc) is 3.61. The van der Waals surface area contributed by atoms with Gasteiger partial charge in [-0.05, 0) is 92.8 Å². The second-order valence-electron chi connectivity index (χ2n) is 10.1. The number of aliphatic imine (C=N–C) groups is 1. The number of nitrogens with zero attached hydrogens (tertiary/aromatic N) is 2. The summed E-state index contributed by atoms with van der Waals surface area (Å²) in [6.45, 7) is 11.0. The van der Waals surface area contributed by atoms with Crippen molar-refractivity contribution in [3.8, 4) is 5.75 Å². The lowest BCUT2D eigenvalue weighted by molar-refractivity contribution is -0.0292. The number of likely N-dealkylation sites (tertiary alicyclic amines) is 1. The van der Waals surface area contributed by atoms with E-state index in [2.05, 4.69) is 72.0 Å². The van der Waals surface area contributed by atoms with Crippen molar-refractivity contribution < 1.29 is 9.84 Å². The Morgan fingerprint density at radius 3 is 2.49 bits per heavy atom. The van der Waals surface area contributed by atoms with E-state index in [0.717, 1.165) is 59.7 Å². The normalized spacial score (nSPS) is 23.4. The SMILES string of the molecule is CC/C=C\C(=Nc1cc(Br)ccc1C)C1(C2CC2C)CCN(C(O)c2ccc(OCC)cc2)CC1. The minimum atomic E-state index is -0.598. The van der Waals surface area contributed by atoms with Gasteiger partial charge in [0.25, 0.3) is 0 Å². The molecule has 2 aromatic carbocycles. The Labute approximate surface area is 219 Å². The summed E-state index contributed by atoms with van der Waals surface area (Å²) in [5, 5.41) is 11.2. The van der Waals surface area contributed by atoms with E-state index in [-0.39, 0.29) is 5.41 Å². The van der Waals surface area contributed by atoms with Gasteiger partial charge in [0.05, 0.1) is 12.3 Å². The minimum absolute atomic E-state index is 0.0505. The summed E-state index contributed by atoms with van der Waals surface area (Å²) in [6, 6.07) is 14.2. The molecule has 4 nitrogen and oxygen atoms in total. The van der Waals surface area contributed by atoms with Crippen molar-refractivity contribution in [1.82, 2.24) is 4.90 Å². The summed E-state index contributed by atoms with van der Waals surface area (Å²) in [5.74, 6) is 2.22. The fraction of sp³-hybridized carbons (Fsp3) is 0.500. The molecule has 1 aliphatic carbocycles. The van der Waals surface area contributed by atoms with Crippen LogP contribution in [0.5, 0.6) is 5.75 Å². The summed E-state index contributed by atoms with van der Waals surface area (Å²) in [4.78, 5) is 7.52. The standard InChI is InChI=1S/C30H39BrN2O2/c1-5-7-8-28(32-27-20-24(31)12-9-21(27)3)30(26-19-22(26)4)15-17-33(18-16-30)29(34)23-10-13-25(14-11-23)35-6-2/h7-14,20,22,26,29,34H,5-6,15-19H2,1-4H3/b8-7-,32-28?. The molecule has 35 heavy (non-hydrogen) atoms. The van der Waals surface area contributed by atoms with Gasteiger partial charge in [0.15, 0.2) is 0 Å². The van der Waals surface area contributed by atoms with E-state index in [1.165, 1.54) is 17.7 Å². The Bertz CT molecular complexity index is 1050. The highest BCUT2D eigenvalue weighted by Gasteiger charge is 2.54. The number of benzene rings is 2. The second kappa shape index (κ2) is 11.4. The van der Waals surface area contributed by atoms with Crippen LogP contribution in [0.3, 0.4) is 0 Å². The number of hydrogen-bond donors (Lipinski definition) is 1. The molecule has 0 spiro atoms. The number of halogens is 1. The molecule has 1 aliphatic heterocycles. The molecule has 2 aliphatic rings. The quantitative estimate of drug-likeness (QED) is 0.334. The van der Waals surface area contributed by atoms with Crippen LogP contribution < -0.4 is 4.74 Å². The highest BCUT2D eigenvalue weighted by atomic mass is 79.9. The first-order chi connectivity index (χ1) is 16.9.